The maximum atomic E-state index is 13.0. The molecule has 0 aliphatic rings. The molecule has 8 heteroatoms. The number of rotatable bonds is 5. The van der Waals surface area contributed by atoms with E-state index in [1.807, 2.05) is 13.0 Å². The number of aromatic nitrogens is 1. The van der Waals surface area contributed by atoms with Gasteiger partial charge in [0.25, 0.3) is 10.0 Å². The van der Waals surface area contributed by atoms with Crippen molar-refractivity contribution >= 4 is 32.2 Å². The van der Waals surface area contributed by atoms with Crippen molar-refractivity contribution in [3.05, 3.63) is 53.7 Å². The molecule has 0 spiro atoms. The molecule has 1 heterocycles. The van der Waals surface area contributed by atoms with Crippen molar-refractivity contribution in [3.8, 4) is 16.2 Å². The third kappa shape index (κ3) is 5.07. The van der Waals surface area contributed by atoms with Crippen molar-refractivity contribution in [1.82, 2.24) is 4.98 Å². The van der Waals surface area contributed by atoms with Crippen LogP contribution in [0.4, 0.5) is 10.8 Å². The van der Waals surface area contributed by atoms with Crippen molar-refractivity contribution in [2.24, 2.45) is 0 Å². The van der Waals surface area contributed by atoms with Crippen molar-refractivity contribution in [2.75, 3.05) is 10.0 Å². The number of phenols is 1. The number of hydrogen-bond acceptors (Lipinski definition) is 6. The fourth-order valence-electron chi connectivity index (χ4n) is 2.81. The van der Waals surface area contributed by atoms with Crippen LogP contribution >= 0.6 is 11.3 Å². The number of benzene rings is 2. The summed E-state index contributed by atoms with van der Waals surface area (Å²) in [6.45, 7) is 9.88. The average molecular weight is 432 g/mol. The lowest BCUT2D eigenvalue weighted by Crippen LogP contribution is -2.25. The summed E-state index contributed by atoms with van der Waals surface area (Å²) in [6.07, 6.45) is 0. The molecule has 3 rings (SSSR count). The van der Waals surface area contributed by atoms with E-state index in [0.717, 1.165) is 21.3 Å². The first kappa shape index (κ1) is 21.1. The topological polar surface area (TPSA) is 91.3 Å². The van der Waals surface area contributed by atoms with Gasteiger partial charge in [-0.15, -0.1) is 0 Å². The van der Waals surface area contributed by atoms with E-state index in [9.17, 15) is 13.5 Å². The SMILES string of the molecule is Cc1ccc(-c2sc(NC(C)(C)C)nc2C)cc1S(=O)(=O)Nc1ccc(O)cc1. The van der Waals surface area contributed by atoms with Gasteiger partial charge in [0.2, 0.25) is 0 Å². The van der Waals surface area contributed by atoms with Crippen molar-refractivity contribution in [3.63, 3.8) is 0 Å². The van der Waals surface area contributed by atoms with Gasteiger partial charge in [-0.25, -0.2) is 13.4 Å². The highest BCUT2D eigenvalue weighted by atomic mass is 32.2. The van der Waals surface area contributed by atoms with E-state index in [2.05, 4.69) is 35.8 Å². The molecule has 0 atom stereocenters. The van der Waals surface area contributed by atoms with Gasteiger partial charge in [-0.05, 0) is 76.1 Å². The Balaban J connectivity index is 1.97. The summed E-state index contributed by atoms with van der Waals surface area (Å²) in [6, 6.07) is 11.3. The Hall–Kier alpha value is -2.58. The molecule has 0 unspecified atom stereocenters. The summed E-state index contributed by atoms with van der Waals surface area (Å²) in [5.41, 5.74) is 2.57. The second-order valence-corrected chi connectivity index (χ2v) is 10.6. The second kappa shape index (κ2) is 7.68. The fourth-order valence-corrected chi connectivity index (χ4v) is 5.31. The molecular formula is C21H25N3O3S2. The predicted octanol–water partition coefficient (Wildman–Crippen LogP) is 5.14. The minimum atomic E-state index is -3.79. The van der Waals surface area contributed by atoms with Gasteiger partial charge in [0.1, 0.15) is 5.75 Å². The van der Waals surface area contributed by atoms with Gasteiger partial charge in [-0.2, -0.15) is 0 Å². The van der Waals surface area contributed by atoms with E-state index in [4.69, 9.17) is 0 Å². The summed E-state index contributed by atoms with van der Waals surface area (Å²) >= 11 is 1.51. The largest absolute Gasteiger partial charge is 0.508 e. The van der Waals surface area contributed by atoms with Crippen LogP contribution in [0.3, 0.4) is 0 Å². The van der Waals surface area contributed by atoms with Gasteiger partial charge in [0.05, 0.1) is 15.5 Å². The highest BCUT2D eigenvalue weighted by molar-refractivity contribution is 7.92. The Morgan fingerprint density at radius 3 is 2.31 bits per heavy atom. The Morgan fingerprint density at radius 2 is 1.69 bits per heavy atom. The van der Waals surface area contributed by atoms with Crippen LogP contribution in [-0.4, -0.2) is 24.0 Å². The predicted molar refractivity (Wildman–Crippen MR) is 119 cm³/mol. The number of hydrogen-bond donors (Lipinski definition) is 3. The molecule has 0 saturated heterocycles. The van der Waals surface area contributed by atoms with E-state index in [1.165, 1.54) is 35.6 Å². The lowest BCUT2D eigenvalue weighted by Gasteiger charge is -2.19. The molecule has 154 valence electrons. The van der Waals surface area contributed by atoms with Crippen LogP contribution < -0.4 is 10.0 Å². The summed E-state index contributed by atoms with van der Waals surface area (Å²) < 4.78 is 28.5. The highest BCUT2D eigenvalue weighted by Crippen LogP contribution is 2.35. The number of nitrogens with one attached hydrogen (secondary N) is 2. The van der Waals surface area contributed by atoms with Crippen molar-refractivity contribution in [2.45, 2.75) is 45.1 Å². The average Bonchev–Trinajstić information content (AvgIpc) is 2.95. The Morgan fingerprint density at radius 1 is 1.03 bits per heavy atom. The van der Waals surface area contributed by atoms with Crippen LogP contribution in [0.15, 0.2) is 47.4 Å². The summed E-state index contributed by atoms with van der Waals surface area (Å²) in [4.78, 5) is 5.72. The van der Waals surface area contributed by atoms with Crippen LogP contribution in [0.2, 0.25) is 0 Å². The zero-order chi connectivity index (χ0) is 21.4. The number of aryl methyl sites for hydroxylation is 2. The number of nitrogens with zero attached hydrogens (tertiary/aromatic N) is 1. The fraction of sp³-hybridized carbons (Fsp3) is 0.286. The number of phenolic OH excluding ortho intramolecular Hbond substituents is 1. The third-order valence-electron chi connectivity index (χ3n) is 4.14. The monoisotopic (exact) mass is 431 g/mol. The summed E-state index contributed by atoms with van der Waals surface area (Å²) in [5, 5.41) is 13.6. The normalized spacial score (nSPS) is 12.0. The molecule has 0 amide bonds. The van der Waals surface area contributed by atoms with Gasteiger partial charge in [-0.1, -0.05) is 23.5 Å². The quantitative estimate of drug-likeness (QED) is 0.486. The van der Waals surface area contributed by atoms with Gasteiger partial charge in [0, 0.05) is 11.2 Å². The van der Waals surface area contributed by atoms with Crippen LogP contribution in [0, 0.1) is 13.8 Å². The van der Waals surface area contributed by atoms with Gasteiger partial charge in [-0.3, -0.25) is 4.72 Å². The van der Waals surface area contributed by atoms with Crippen LogP contribution in [0.25, 0.3) is 10.4 Å². The van der Waals surface area contributed by atoms with E-state index >= 15 is 0 Å². The Bertz CT molecular complexity index is 1130. The van der Waals surface area contributed by atoms with E-state index in [1.54, 1.807) is 19.1 Å². The molecule has 0 bridgehead atoms. The molecule has 0 aliphatic heterocycles. The molecule has 1 aromatic heterocycles. The molecule has 0 saturated carbocycles. The molecule has 3 aromatic rings. The minimum absolute atomic E-state index is 0.0754. The van der Waals surface area contributed by atoms with Gasteiger partial charge < -0.3 is 10.4 Å². The van der Waals surface area contributed by atoms with Crippen LogP contribution in [0.5, 0.6) is 5.75 Å². The van der Waals surface area contributed by atoms with E-state index < -0.39 is 10.0 Å². The zero-order valence-electron chi connectivity index (χ0n) is 17.1. The molecule has 0 aliphatic carbocycles. The molecule has 2 aromatic carbocycles. The molecule has 0 fully saturated rings. The zero-order valence-corrected chi connectivity index (χ0v) is 18.7. The number of anilines is 2. The van der Waals surface area contributed by atoms with E-state index in [0.29, 0.717) is 11.3 Å². The third-order valence-corrected chi connectivity index (χ3v) is 6.78. The Labute approximate surface area is 175 Å². The van der Waals surface area contributed by atoms with Gasteiger partial charge in [0.15, 0.2) is 5.13 Å². The molecule has 6 nitrogen and oxygen atoms in total. The number of sulfonamides is 1. The standard InChI is InChI=1S/C21H25N3O3S2/c1-13-6-7-15(19-14(2)22-20(28-19)23-21(3,4)5)12-18(13)29(26,27)24-16-8-10-17(25)11-9-16/h6-12,24-25H,1-5H3,(H,22,23). The first-order chi connectivity index (χ1) is 13.4. The first-order valence-corrected chi connectivity index (χ1v) is 11.4. The number of aromatic hydroxyl groups is 1. The lowest BCUT2D eigenvalue weighted by atomic mass is 10.1. The maximum absolute atomic E-state index is 13.0. The Kier molecular flexibility index (Phi) is 5.60. The lowest BCUT2D eigenvalue weighted by molar-refractivity contribution is 0.475. The smallest absolute Gasteiger partial charge is 0.262 e. The number of thiazole rings is 1. The molecule has 3 N–H and O–H groups in total. The summed E-state index contributed by atoms with van der Waals surface area (Å²) in [5.74, 6) is 0.0754. The molecular weight excluding hydrogens is 406 g/mol. The molecule has 29 heavy (non-hydrogen) atoms. The maximum Gasteiger partial charge on any atom is 0.262 e. The van der Waals surface area contributed by atoms with Crippen LogP contribution in [0.1, 0.15) is 32.0 Å². The molecule has 0 radical (unpaired) electrons. The van der Waals surface area contributed by atoms with E-state index in [-0.39, 0.29) is 16.2 Å². The first-order valence-electron chi connectivity index (χ1n) is 9.13. The summed E-state index contributed by atoms with van der Waals surface area (Å²) in [7, 11) is -3.79. The van der Waals surface area contributed by atoms with Crippen molar-refractivity contribution < 1.29 is 13.5 Å². The van der Waals surface area contributed by atoms with Gasteiger partial charge >= 0.3 is 0 Å². The second-order valence-electron chi connectivity index (χ2n) is 7.94. The highest BCUT2D eigenvalue weighted by Gasteiger charge is 2.20. The minimum Gasteiger partial charge on any atom is -0.508 e. The van der Waals surface area contributed by atoms with Crippen LogP contribution in [-0.2, 0) is 10.0 Å². The van der Waals surface area contributed by atoms with Crippen molar-refractivity contribution in [1.29, 1.82) is 0 Å².